The summed E-state index contributed by atoms with van der Waals surface area (Å²) in [5, 5.41) is 2.01. The largest absolute Gasteiger partial charge is 0.514 e. The molecule has 1 N–H and O–H groups in total. The molecule has 1 heterocycles. The van der Waals surface area contributed by atoms with Gasteiger partial charge in [-0.15, -0.1) is 0 Å². The fraction of sp³-hybridized carbons (Fsp3) is 0.484. The van der Waals surface area contributed by atoms with Crippen LogP contribution in [0.3, 0.4) is 0 Å². The Hall–Kier alpha value is -8.03. The molecule has 0 unspecified atom stereocenters. The average Bonchev–Trinajstić information content (AvgIpc) is 1.14. The molecule has 25 heteroatoms. The van der Waals surface area contributed by atoms with Crippen LogP contribution in [0.2, 0.25) is 16.1 Å². The zero-order valence-corrected chi connectivity index (χ0v) is 53.4. The van der Waals surface area contributed by atoms with E-state index in [2.05, 4.69) is 60.7 Å². The molecule has 1 saturated heterocycles. The lowest BCUT2D eigenvalue weighted by Crippen LogP contribution is -2.64. The number of sulfone groups is 1. The molecule has 0 bridgehead atoms. The molecule has 1 aliphatic carbocycles. The first kappa shape index (κ1) is 68.1. The third kappa shape index (κ3) is 17.6. The minimum Gasteiger partial charge on any atom is -0.514 e. The fourth-order valence-electron chi connectivity index (χ4n) is 10.8. The van der Waals surface area contributed by atoms with Gasteiger partial charge >= 0.3 is 42.0 Å². The predicted molar refractivity (Wildman–Crippen MR) is 320 cm³/mol. The first-order valence-corrected chi connectivity index (χ1v) is 32.4. The van der Waals surface area contributed by atoms with Crippen molar-refractivity contribution in [2.45, 2.75) is 136 Å². The number of amides is 3. The van der Waals surface area contributed by atoms with Crippen molar-refractivity contribution in [2.75, 3.05) is 57.9 Å². The predicted octanol–water partition coefficient (Wildman–Crippen LogP) is 8.96. The number of fused-ring (bicyclic) bond motifs is 3. The van der Waals surface area contributed by atoms with E-state index in [0.717, 1.165) is 72.2 Å². The second kappa shape index (κ2) is 28.7. The Kier molecular flexibility index (Phi) is 22.4. The zero-order valence-electron chi connectivity index (χ0n) is 51.6. The van der Waals surface area contributed by atoms with Gasteiger partial charge in [0.1, 0.15) is 41.1 Å². The van der Waals surface area contributed by atoms with Crippen LogP contribution in [-0.4, -0.2) is 158 Å². The van der Waals surface area contributed by atoms with Gasteiger partial charge in [-0.25, -0.2) is 27.6 Å². The maximum Gasteiger partial charge on any atom is 0.412 e. The van der Waals surface area contributed by atoms with Gasteiger partial charge in [-0.1, -0.05) is 116 Å². The molecule has 1 aliphatic heterocycles. The van der Waals surface area contributed by atoms with E-state index < -0.39 is 122 Å². The second-order valence-corrected chi connectivity index (χ2v) is 31.4. The molecule has 1 fully saturated rings. The summed E-state index contributed by atoms with van der Waals surface area (Å²) in [6.07, 6.45) is -9.81. The number of carbonyl (C=O) groups is 8. The van der Waals surface area contributed by atoms with Crippen molar-refractivity contribution in [3.8, 4) is 22.6 Å². The number of methoxy groups -OCH3 is 1. The molecule has 0 spiro atoms. The topological polar surface area (TPSA) is 282 Å². The molecule has 5 atom stereocenters. The molecule has 4 aromatic rings. The van der Waals surface area contributed by atoms with Gasteiger partial charge in [-0.2, -0.15) is 0 Å². The summed E-state index contributed by atoms with van der Waals surface area (Å²) in [5.41, 5.74) is 4.20. The van der Waals surface area contributed by atoms with Crippen molar-refractivity contribution in [2.24, 2.45) is 5.92 Å². The highest BCUT2D eigenvalue weighted by molar-refractivity contribution is 7.90. The minimum atomic E-state index is -3.65. The van der Waals surface area contributed by atoms with Gasteiger partial charge in [0.25, 0.3) is 8.32 Å². The number of anilines is 1. The highest BCUT2D eigenvalue weighted by atomic mass is 32.2. The van der Waals surface area contributed by atoms with E-state index in [9.17, 15) is 46.8 Å². The third-order valence-electron chi connectivity index (χ3n) is 14.6. The van der Waals surface area contributed by atoms with E-state index in [1.165, 1.54) is 31.3 Å². The van der Waals surface area contributed by atoms with Gasteiger partial charge < -0.3 is 57.3 Å². The Morgan fingerprint density at radius 1 is 0.724 bits per heavy atom. The summed E-state index contributed by atoms with van der Waals surface area (Å²) < 4.78 is 82.6. The zero-order chi connectivity index (χ0) is 64.3. The summed E-state index contributed by atoms with van der Waals surface area (Å²) in [6.45, 7) is 17.8. The van der Waals surface area contributed by atoms with Crippen molar-refractivity contribution in [3.63, 3.8) is 0 Å². The molecule has 0 aromatic heterocycles. The van der Waals surface area contributed by atoms with Crippen LogP contribution >= 0.6 is 0 Å². The molecule has 472 valence electrons. The van der Waals surface area contributed by atoms with Crippen molar-refractivity contribution in [1.82, 2.24) is 9.80 Å². The molecule has 2 aliphatic rings. The van der Waals surface area contributed by atoms with E-state index in [-0.39, 0.29) is 63.4 Å². The Bertz CT molecular complexity index is 3240. The quantitative estimate of drug-likeness (QED) is 0.0314. The van der Waals surface area contributed by atoms with Crippen molar-refractivity contribution < 1.29 is 93.8 Å². The Labute approximate surface area is 508 Å². The van der Waals surface area contributed by atoms with Crippen LogP contribution in [0.15, 0.2) is 91.0 Å². The van der Waals surface area contributed by atoms with Gasteiger partial charge in [0.2, 0.25) is 18.3 Å². The average molecular weight is 1250 g/mol. The van der Waals surface area contributed by atoms with Gasteiger partial charge in [-0.3, -0.25) is 24.1 Å². The molecular weight excluding hydrogens is 1170 g/mol. The fourth-order valence-corrected chi connectivity index (χ4v) is 17.1. The number of esters is 4. The number of nitrogens with one attached hydrogen (secondary N) is 1. The number of rotatable bonds is 23. The summed E-state index contributed by atoms with van der Waals surface area (Å²) in [4.78, 5) is 109. The van der Waals surface area contributed by atoms with Gasteiger partial charge in [0.05, 0.1) is 24.1 Å². The third-order valence-corrected chi connectivity index (χ3v) is 22.3. The van der Waals surface area contributed by atoms with E-state index in [0.29, 0.717) is 0 Å². The first-order valence-electron chi connectivity index (χ1n) is 28.2. The van der Waals surface area contributed by atoms with Crippen LogP contribution in [0.4, 0.5) is 15.3 Å². The van der Waals surface area contributed by atoms with Crippen LogP contribution in [0.5, 0.6) is 11.5 Å². The highest BCUT2D eigenvalue weighted by Crippen LogP contribution is 2.55. The van der Waals surface area contributed by atoms with Crippen LogP contribution in [0, 0.1) is 5.92 Å². The Morgan fingerprint density at radius 2 is 1.31 bits per heavy atom. The molecule has 87 heavy (non-hydrogen) atoms. The normalized spacial score (nSPS) is 17.5. The van der Waals surface area contributed by atoms with Crippen molar-refractivity contribution in [1.29, 1.82) is 0 Å². The Balaban J connectivity index is 1.26. The van der Waals surface area contributed by atoms with Gasteiger partial charge in [-0.05, 0) is 80.2 Å². The number of benzene rings is 4. The van der Waals surface area contributed by atoms with E-state index in [1.807, 2.05) is 48.5 Å². The minimum absolute atomic E-state index is 0.0425. The lowest BCUT2D eigenvalue weighted by molar-refractivity contribution is -0.282. The number of likely N-dealkylation sites (N-methyl/N-ethyl adjacent to an activating group) is 1. The summed E-state index contributed by atoms with van der Waals surface area (Å²) in [6, 6.07) is 26.5. The summed E-state index contributed by atoms with van der Waals surface area (Å²) in [5.74, 6) is -5.87. The standard InChI is InChI=1S/C62H79N3O20SSi/c1-37(2)35-87(61(6,7)8,62(9,10)11)85-56(70)42-20-19-21-43(31-42)79-36-65(28-29-86(14,74)75)60(73)77-33-41-26-27-50(83-58-55(82-40(5)68)53(81-39(4)67)52(80-38(3)66)54(84-58)57(71)76-13)49(30-41)63-51(69)32-64(12)59(72)78-34-48-46-24-17-15-22-44(46)45-23-16-18-25-47(45)48/h15-27,30-31,37,48,52-55,58H,28-29,32-36H2,1-14H3,(H,63,69)/t52-,53-,54-,55+,58+/m0/s1. The Morgan fingerprint density at radius 3 is 1.87 bits per heavy atom. The molecule has 6 rings (SSSR count). The van der Waals surface area contributed by atoms with E-state index in [4.69, 9.17) is 47.1 Å². The molecular formula is C62H79N3O20SSi. The lowest BCUT2D eigenvalue weighted by Gasteiger charge is -2.50. The van der Waals surface area contributed by atoms with E-state index in [1.54, 1.807) is 18.2 Å². The van der Waals surface area contributed by atoms with E-state index >= 15 is 0 Å². The number of carbonyl (C=O) groups excluding carboxylic acids is 8. The molecule has 0 radical (unpaired) electrons. The molecule has 4 aromatic carbocycles. The molecule has 0 saturated carbocycles. The van der Waals surface area contributed by atoms with Crippen LogP contribution < -0.4 is 14.8 Å². The molecule has 23 nitrogen and oxygen atoms in total. The second-order valence-electron chi connectivity index (χ2n) is 23.9. The molecule has 3 amide bonds. The number of nitrogens with zero attached hydrogens (tertiary/aromatic N) is 2. The summed E-state index contributed by atoms with van der Waals surface area (Å²) in [7, 11) is -4.15. The summed E-state index contributed by atoms with van der Waals surface area (Å²) >= 11 is 0. The van der Waals surface area contributed by atoms with Gasteiger partial charge in [0.15, 0.2) is 25.0 Å². The van der Waals surface area contributed by atoms with Crippen molar-refractivity contribution in [3.05, 3.63) is 113 Å². The number of hydrogen-bond acceptors (Lipinski definition) is 20. The maximum absolute atomic E-state index is 14.1. The highest BCUT2D eigenvalue weighted by Gasteiger charge is 2.58. The van der Waals surface area contributed by atoms with Crippen molar-refractivity contribution >= 4 is 71.8 Å². The number of ether oxygens (including phenoxy) is 9. The van der Waals surface area contributed by atoms with Crippen LogP contribution in [-0.2, 0) is 78.0 Å². The monoisotopic (exact) mass is 1250 g/mol. The van der Waals surface area contributed by atoms with Crippen LogP contribution in [0.1, 0.15) is 109 Å². The smallest absolute Gasteiger partial charge is 0.412 e. The SMILES string of the molecule is COC(=O)[C@H]1O[C@@H](Oc2ccc(COC(=O)N(CCS(C)(=O)=O)COc3cccc(C(=O)O[Si](CC(C)C)(C(C)(C)C)C(C)(C)C)c3)cc2NC(=O)CN(C)C(=O)OCC2c3ccccc3-c3ccccc32)[C@H](OC(C)=O)[C@@H](OC(C)=O)[C@@H]1OC(C)=O. The maximum atomic E-state index is 14.1. The number of hydrogen-bond donors (Lipinski definition) is 1. The van der Waals surface area contributed by atoms with Gasteiger partial charge in [0, 0.05) is 46.5 Å². The first-order chi connectivity index (χ1) is 40.7. The lowest BCUT2D eigenvalue weighted by atomic mass is 9.97. The van der Waals surface area contributed by atoms with Crippen LogP contribution in [0.25, 0.3) is 11.1 Å².